The van der Waals surface area contributed by atoms with E-state index in [4.69, 9.17) is 5.84 Å². The molecule has 3 nitrogen and oxygen atoms in total. The molecule has 0 spiro atoms. The number of nitrogens with two attached hydrogens (primary N) is 1. The zero-order valence-electron chi connectivity index (χ0n) is 10.8. The number of nitrogens with one attached hydrogen (secondary N) is 1. The summed E-state index contributed by atoms with van der Waals surface area (Å²) in [5, 5.41) is 0. The van der Waals surface area contributed by atoms with Crippen LogP contribution in [0.2, 0.25) is 0 Å². The van der Waals surface area contributed by atoms with Gasteiger partial charge in [0, 0.05) is 11.6 Å². The van der Waals surface area contributed by atoms with Crippen LogP contribution in [0.15, 0.2) is 12.7 Å². The van der Waals surface area contributed by atoms with E-state index < -0.39 is 0 Å². The maximum absolute atomic E-state index is 5.70. The Kier molecular flexibility index (Phi) is 5.46. The van der Waals surface area contributed by atoms with Crippen molar-refractivity contribution in [3.8, 4) is 0 Å². The maximum Gasteiger partial charge on any atom is 0.0392 e. The van der Waals surface area contributed by atoms with Crippen molar-refractivity contribution in [2.45, 2.75) is 57.5 Å². The zero-order valence-corrected chi connectivity index (χ0v) is 10.8. The lowest BCUT2D eigenvalue weighted by Crippen LogP contribution is -2.60. The second-order valence-electron chi connectivity index (χ2n) is 5.29. The molecule has 0 aliphatic carbocycles. The third-order valence-electron chi connectivity index (χ3n) is 3.88. The smallest absolute Gasteiger partial charge is 0.0392 e. The van der Waals surface area contributed by atoms with Crippen molar-refractivity contribution in [3.63, 3.8) is 0 Å². The topological polar surface area (TPSA) is 41.3 Å². The Labute approximate surface area is 100 Å². The second kappa shape index (κ2) is 6.38. The summed E-state index contributed by atoms with van der Waals surface area (Å²) in [4.78, 5) is 2.57. The third kappa shape index (κ3) is 3.30. The molecule has 3 heteroatoms. The van der Waals surface area contributed by atoms with Crippen LogP contribution in [-0.4, -0.2) is 29.6 Å². The van der Waals surface area contributed by atoms with Gasteiger partial charge >= 0.3 is 0 Å². The number of rotatable bonds is 6. The fraction of sp³-hybridized carbons (Fsp3) is 0.846. The standard InChI is InChI=1S/C13H27N3/c1-4-5-9-12(15-14)13(2,3)16-10-7-6-8-11-16/h4,12,15H,1,5-11,14H2,2-3H3. The van der Waals surface area contributed by atoms with Crippen LogP contribution in [-0.2, 0) is 0 Å². The molecule has 3 N–H and O–H groups in total. The van der Waals surface area contributed by atoms with Crippen LogP contribution in [0, 0.1) is 0 Å². The molecule has 1 rings (SSSR count). The highest BCUT2D eigenvalue weighted by atomic mass is 15.3. The van der Waals surface area contributed by atoms with Gasteiger partial charge in [0.05, 0.1) is 0 Å². The Morgan fingerprint density at radius 3 is 2.50 bits per heavy atom. The van der Waals surface area contributed by atoms with E-state index in [1.54, 1.807) is 0 Å². The number of hydrogen-bond donors (Lipinski definition) is 2. The van der Waals surface area contributed by atoms with Gasteiger partial charge in [-0.05, 0) is 52.6 Å². The maximum atomic E-state index is 5.70. The molecule has 0 saturated carbocycles. The number of allylic oxidation sites excluding steroid dienone is 1. The van der Waals surface area contributed by atoms with Gasteiger partial charge in [0.15, 0.2) is 0 Å². The lowest BCUT2D eigenvalue weighted by atomic mass is 9.87. The molecular weight excluding hydrogens is 198 g/mol. The molecule has 16 heavy (non-hydrogen) atoms. The summed E-state index contributed by atoms with van der Waals surface area (Å²) in [7, 11) is 0. The summed E-state index contributed by atoms with van der Waals surface area (Å²) in [6.45, 7) is 10.8. The van der Waals surface area contributed by atoms with Gasteiger partial charge in [-0.25, -0.2) is 0 Å². The molecular formula is C13H27N3. The Balaban J connectivity index is 2.59. The number of nitrogens with zero attached hydrogens (tertiary/aromatic N) is 1. The highest BCUT2D eigenvalue weighted by molar-refractivity contribution is 4.94. The summed E-state index contributed by atoms with van der Waals surface area (Å²) in [6, 6.07) is 0.337. The molecule has 0 aromatic heterocycles. The van der Waals surface area contributed by atoms with Crippen molar-refractivity contribution in [3.05, 3.63) is 12.7 Å². The van der Waals surface area contributed by atoms with Crippen molar-refractivity contribution >= 4 is 0 Å². The molecule has 0 amide bonds. The van der Waals surface area contributed by atoms with E-state index in [2.05, 4.69) is 30.8 Å². The predicted octanol–water partition coefficient (Wildman–Crippen LogP) is 2.05. The van der Waals surface area contributed by atoms with E-state index in [0.717, 1.165) is 12.8 Å². The molecule has 1 atom stereocenters. The first-order chi connectivity index (χ1) is 7.62. The number of piperidine rings is 1. The van der Waals surface area contributed by atoms with Gasteiger partial charge in [0.2, 0.25) is 0 Å². The molecule has 0 aromatic carbocycles. The first kappa shape index (κ1) is 13.7. The number of hydrazine groups is 1. The van der Waals surface area contributed by atoms with Crippen LogP contribution < -0.4 is 11.3 Å². The van der Waals surface area contributed by atoms with Gasteiger partial charge in [-0.1, -0.05) is 12.5 Å². The predicted molar refractivity (Wildman–Crippen MR) is 70.0 cm³/mol. The Morgan fingerprint density at radius 1 is 1.38 bits per heavy atom. The van der Waals surface area contributed by atoms with Crippen LogP contribution in [0.4, 0.5) is 0 Å². The Bertz CT molecular complexity index is 207. The molecule has 1 aliphatic heterocycles. The van der Waals surface area contributed by atoms with Gasteiger partial charge in [0.25, 0.3) is 0 Å². The normalized spacial score (nSPS) is 20.7. The third-order valence-corrected chi connectivity index (χ3v) is 3.88. The van der Waals surface area contributed by atoms with E-state index >= 15 is 0 Å². The highest BCUT2D eigenvalue weighted by Crippen LogP contribution is 2.25. The molecule has 0 aromatic rings. The van der Waals surface area contributed by atoms with E-state index in [0.29, 0.717) is 6.04 Å². The average Bonchev–Trinajstić information content (AvgIpc) is 2.31. The van der Waals surface area contributed by atoms with Crippen LogP contribution in [0.25, 0.3) is 0 Å². The molecule has 0 radical (unpaired) electrons. The summed E-state index contributed by atoms with van der Waals surface area (Å²) < 4.78 is 0. The van der Waals surface area contributed by atoms with Crippen LogP contribution in [0.3, 0.4) is 0 Å². The Hall–Kier alpha value is -0.380. The van der Waals surface area contributed by atoms with Gasteiger partial charge < -0.3 is 0 Å². The van der Waals surface area contributed by atoms with Crippen LogP contribution >= 0.6 is 0 Å². The van der Waals surface area contributed by atoms with Crippen molar-refractivity contribution in [1.82, 2.24) is 10.3 Å². The molecule has 1 unspecified atom stereocenters. The fourth-order valence-corrected chi connectivity index (χ4v) is 2.62. The summed E-state index contributed by atoms with van der Waals surface area (Å²) in [5.41, 5.74) is 3.12. The monoisotopic (exact) mass is 225 g/mol. The molecule has 1 fully saturated rings. The Morgan fingerprint density at radius 2 is 2.00 bits per heavy atom. The number of likely N-dealkylation sites (tertiary alicyclic amines) is 1. The minimum absolute atomic E-state index is 0.137. The van der Waals surface area contributed by atoms with E-state index in [-0.39, 0.29) is 5.54 Å². The SMILES string of the molecule is C=CCCC(NN)C(C)(C)N1CCCCC1. The number of hydrogen-bond acceptors (Lipinski definition) is 3. The quantitative estimate of drug-likeness (QED) is 0.413. The summed E-state index contributed by atoms with van der Waals surface area (Å²) >= 11 is 0. The lowest BCUT2D eigenvalue weighted by Gasteiger charge is -2.45. The zero-order chi connectivity index (χ0) is 12.0. The first-order valence-corrected chi connectivity index (χ1v) is 6.45. The average molecular weight is 225 g/mol. The molecule has 94 valence electrons. The minimum Gasteiger partial charge on any atom is -0.297 e. The summed E-state index contributed by atoms with van der Waals surface area (Å²) in [6.07, 6.45) is 8.07. The first-order valence-electron chi connectivity index (χ1n) is 6.45. The lowest BCUT2D eigenvalue weighted by molar-refractivity contribution is 0.0586. The van der Waals surface area contributed by atoms with Crippen molar-refractivity contribution < 1.29 is 0 Å². The van der Waals surface area contributed by atoms with Gasteiger partial charge in [-0.15, -0.1) is 6.58 Å². The van der Waals surface area contributed by atoms with Gasteiger partial charge in [-0.3, -0.25) is 16.2 Å². The summed E-state index contributed by atoms with van der Waals surface area (Å²) in [5.74, 6) is 5.70. The fourth-order valence-electron chi connectivity index (χ4n) is 2.62. The second-order valence-corrected chi connectivity index (χ2v) is 5.29. The highest BCUT2D eigenvalue weighted by Gasteiger charge is 2.34. The van der Waals surface area contributed by atoms with Crippen molar-refractivity contribution in [2.24, 2.45) is 5.84 Å². The molecule has 1 heterocycles. The van der Waals surface area contributed by atoms with E-state index in [9.17, 15) is 0 Å². The van der Waals surface area contributed by atoms with E-state index in [1.807, 2.05) is 6.08 Å². The molecule has 1 aliphatic rings. The largest absolute Gasteiger partial charge is 0.297 e. The van der Waals surface area contributed by atoms with Gasteiger partial charge in [-0.2, -0.15) is 0 Å². The van der Waals surface area contributed by atoms with E-state index in [1.165, 1.54) is 32.4 Å². The van der Waals surface area contributed by atoms with Crippen molar-refractivity contribution in [2.75, 3.05) is 13.1 Å². The molecule has 0 bridgehead atoms. The van der Waals surface area contributed by atoms with Gasteiger partial charge in [0.1, 0.15) is 0 Å². The van der Waals surface area contributed by atoms with Crippen LogP contribution in [0.5, 0.6) is 0 Å². The van der Waals surface area contributed by atoms with Crippen LogP contribution in [0.1, 0.15) is 46.0 Å². The van der Waals surface area contributed by atoms with Crippen molar-refractivity contribution in [1.29, 1.82) is 0 Å². The minimum atomic E-state index is 0.137. The molecule has 1 saturated heterocycles.